The number of rotatable bonds is 8. The van der Waals surface area contributed by atoms with Gasteiger partial charge >= 0.3 is 0 Å². The molecule has 142 valence electrons. The Bertz CT molecular complexity index is 752. The lowest BCUT2D eigenvalue weighted by molar-refractivity contribution is 0.140. The number of hydrogen-bond donors (Lipinski definition) is 1. The Labute approximate surface area is 157 Å². The molecule has 2 heterocycles. The van der Waals surface area contributed by atoms with Crippen molar-refractivity contribution in [3.63, 3.8) is 0 Å². The number of pyridine rings is 1. The van der Waals surface area contributed by atoms with Gasteiger partial charge in [-0.1, -0.05) is 26.0 Å². The summed E-state index contributed by atoms with van der Waals surface area (Å²) in [5.41, 5.74) is 3.26. The Morgan fingerprint density at radius 3 is 2.73 bits per heavy atom. The van der Waals surface area contributed by atoms with Gasteiger partial charge in [0.15, 0.2) is 0 Å². The molecule has 4 nitrogen and oxygen atoms in total. The van der Waals surface area contributed by atoms with Gasteiger partial charge in [-0.3, -0.25) is 4.98 Å². The number of aromatic nitrogens is 1. The van der Waals surface area contributed by atoms with E-state index in [4.69, 9.17) is 4.74 Å². The molecule has 1 aliphatic heterocycles. The molecule has 0 saturated heterocycles. The summed E-state index contributed by atoms with van der Waals surface area (Å²) in [5.74, 6) is 0.963. The quantitative estimate of drug-likeness (QED) is 0.733. The van der Waals surface area contributed by atoms with E-state index in [1.54, 1.807) is 0 Å². The van der Waals surface area contributed by atoms with Crippen LogP contribution in [0.15, 0.2) is 24.4 Å². The van der Waals surface area contributed by atoms with Crippen LogP contribution < -0.4 is 10.1 Å². The molecule has 0 aliphatic carbocycles. The second-order valence-corrected chi connectivity index (χ2v) is 8.06. The van der Waals surface area contributed by atoms with Gasteiger partial charge in [-0.15, -0.1) is 0 Å². The lowest BCUT2D eigenvalue weighted by Crippen LogP contribution is -2.25. The highest BCUT2D eigenvalue weighted by Crippen LogP contribution is 2.41. The number of nitrogens with one attached hydrogen (secondary N) is 1. The molecule has 0 spiro atoms. The number of anilines is 1. The second-order valence-electron chi connectivity index (χ2n) is 8.06. The molecule has 1 aromatic heterocycles. The molecule has 1 aliphatic rings. The van der Waals surface area contributed by atoms with Gasteiger partial charge in [0.2, 0.25) is 0 Å². The van der Waals surface area contributed by atoms with Crippen molar-refractivity contribution < 1.29 is 4.74 Å². The lowest BCUT2D eigenvalue weighted by atomic mass is 10.0. The minimum atomic E-state index is -0.139. The maximum absolute atomic E-state index is 6.19. The average molecular weight is 356 g/mol. The van der Waals surface area contributed by atoms with Crippen LogP contribution >= 0.6 is 0 Å². The molecule has 0 bridgehead atoms. The van der Waals surface area contributed by atoms with Gasteiger partial charge in [0, 0.05) is 35.3 Å². The minimum absolute atomic E-state index is 0.139. The Morgan fingerprint density at radius 1 is 1.23 bits per heavy atom. The number of ether oxygens (including phenoxy) is 1. The topological polar surface area (TPSA) is 37.4 Å². The zero-order chi connectivity index (χ0) is 18.7. The first-order valence-electron chi connectivity index (χ1n) is 10.0. The number of fused-ring (bicyclic) bond motifs is 3. The number of hydrogen-bond acceptors (Lipinski definition) is 4. The van der Waals surface area contributed by atoms with Crippen molar-refractivity contribution in [2.75, 3.05) is 25.0 Å². The molecule has 1 unspecified atom stereocenters. The van der Waals surface area contributed by atoms with Gasteiger partial charge < -0.3 is 15.0 Å². The fourth-order valence-electron chi connectivity index (χ4n) is 3.88. The first kappa shape index (κ1) is 19.0. The van der Waals surface area contributed by atoms with Gasteiger partial charge in [0.1, 0.15) is 16.9 Å². The average Bonchev–Trinajstić information content (AvgIpc) is 2.93. The van der Waals surface area contributed by atoms with Crippen molar-refractivity contribution in [3.05, 3.63) is 30.0 Å². The van der Waals surface area contributed by atoms with E-state index < -0.39 is 0 Å². The molecule has 0 radical (unpaired) electrons. The normalized spacial score (nSPS) is 16.5. The molecule has 2 aromatic rings. The molecule has 1 N–H and O–H groups in total. The lowest BCUT2D eigenvalue weighted by Gasteiger charge is -2.21. The molecular formula is C22H33N3O. The first-order valence-corrected chi connectivity index (χ1v) is 10.0. The van der Waals surface area contributed by atoms with Crippen LogP contribution in [-0.4, -0.2) is 41.2 Å². The van der Waals surface area contributed by atoms with Crippen LogP contribution in [0.1, 0.15) is 53.0 Å². The molecule has 0 amide bonds. The standard InChI is InChI=1S/C22H33N3O/c1-6-25(7-2)14-8-9-16(3)24-19-12-13-23-20-18(19)11-10-17-15-22(4,5)26-21(17)20/h10-13,16H,6-9,14-15H2,1-5H3,(H,23,24). The molecule has 0 saturated carbocycles. The molecule has 3 rings (SSSR count). The third-order valence-corrected chi connectivity index (χ3v) is 5.35. The highest BCUT2D eigenvalue weighted by molar-refractivity contribution is 5.96. The Balaban J connectivity index is 1.71. The maximum atomic E-state index is 6.19. The summed E-state index contributed by atoms with van der Waals surface area (Å²) >= 11 is 0. The van der Waals surface area contributed by atoms with E-state index in [1.165, 1.54) is 18.5 Å². The highest BCUT2D eigenvalue weighted by Gasteiger charge is 2.32. The highest BCUT2D eigenvalue weighted by atomic mass is 16.5. The van der Waals surface area contributed by atoms with E-state index >= 15 is 0 Å². The predicted octanol–water partition coefficient (Wildman–Crippen LogP) is 4.87. The SMILES string of the molecule is CCN(CC)CCCC(C)Nc1ccnc2c3c(ccc12)CC(C)(C)O3. The van der Waals surface area contributed by atoms with Crippen LogP contribution in [0.3, 0.4) is 0 Å². The fraction of sp³-hybridized carbons (Fsp3) is 0.591. The van der Waals surface area contributed by atoms with Crippen molar-refractivity contribution >= 4 is 16.6 Å². The monoisotopic (exact) mass is 355 g/mol. The van der Waals surface area contributed by atoms with Crippen molar-refractivity contribution in [2.24, 2.45) is 0 Å². The summed E-state index contributed by atoms with van der Waals surface area (Å²) in [4.78, 5) is 7.11. The Kier molecular flexibility index (Phi) is 5.71. The van der Waals surface area contributed by atoms with E-state index in [0.29, 0.717) is 6.04 Å². The maximum Gasteiger partial charge on any atom is 0.149 e. The van der Waals surface area contributed by atoms with Crippen LogP contribution in [0.25, 0.3) is 10.9 Å². The summed E-state index contributed by atoms with van der Waals surface area (Å²) in [6, 6.07) is 6.90. The van der Waals surface area contributed by atoms with Crippen molar-refractivity contribution in [3.8, 4) is 5.75 Å². The zero-order valence-electron chi connectivity index (χ0n) is 16.9. The van der Waals surface area contributed by atoms with E-state index in [-0.39, 0.29) is 5.60 Å². The molecular weight excluding hydrogens is 322 g/mol. The largest absolute Gasteiger partial charge is 0.485 e. The summed E-state index contributed by atoms with van der Waals surface area (Å²) < 4.78 is 6.19. The molecule has 1 aromatic carbocycles. The van der Waals surface area contributed by atoms with Crippen LogP contribution in [-0.2, 0) is 6.42 Å². The van der Waals surface area contributed by atoms with E-state index in [0.717, 1.165) is 48.3 Å². The van der Waals surface area contributed by atoms with E-state index in [2.05, 4.69) is 68.0 Å². The summed E-state index contributed by atoms with van der Waals surface area (Å²) in [6.07, 6.45) is 5.21. The fourth-order valence-corrected chi connectivity index (χ4v) is 3.88. The zero-order valence-corrected chi connectivity index (χ0v) is 16.9. The predicted molar refractivity (Wildman–Crippen MR) is 110 cm³/mol. The number of nitrogens with zero attached hydrogens (tertiary/aromatic N) is 2. The molecule has 0 fully saturated rings. The van der Waals surface area contributed by atoms with Gasteiger partial charge in [-0.2, -0.15) is 0 Å². The van der Waals surface area contributed by atoms with E-state index in [9.17, 15) is 0 Å². The van der Waals surface area contributed by atoms with Crippen LogP contribution in [0.4, 0.5) is 5.69 Å². The smallest absolute Gasteiger partial charge is 0.149 e. The minimum Gasteiger partial charge on any atom is -0.485 e. The summed E-state index contributed by atoms with van der Waals surface area (Å²) in [7, 11) is 0. The van der Waals surface area contributed by atoms with Crippen LogP contribution in [0.5, 0.6) is 5.75 Å². The van der Waals surface area contributed by atoms with Gasteiger partial charge in [-0.05, 0) is 59.3 Å². The summed E-state index contributed by atoms with van der Waals surface area (Å²) in [6.45, 7) is 14.4. The third kappa shape index (κ3) is 4.12. The first-order chi connectivity index (χ1) is 12.4. The van der Waals surface area contributed by atoms with Gasteiger partial charge in [0.05, 0.1) is 0 Å². The Morgan fingerprint density at radius 2 is 2.00 bits per heavy atom. The molecule has 4 heteroatoms. The Hall–Kier alpha value is -1.81. The van der Waals surface area contributed by atoms with Crippen molar-refractivity contribution in [1.82, 2.24) is 9.88 Å². The second kappa shape index (κ2) is 7.83. The van der Waals surface area contributed by atoms with Crippen LogP contribution in [0.2, 0.25) is 0 Å². The van der Waals surface area contributed by atoms with Crippen molar-refractivity contribution in [2.45, 2.75) is 65.5 Å². The van der Waals surface area contributed by atoms with Crippen molar-refractivity contribution in [1.29, 1.82) is 0 Å². The summed E-state index contributed by atoms with van der Waals surface area (Å²) in [5, 5.41) is 4.84. The van der Waals surface area contributed by atoms with Gasteiger partial charge in [-0.25, -0.2) is 0 Å². The molecule has 1 atom stereocenters. The van der Waals surface area contributed by atoms with E-state index in [1.807, 2.05) is 6.20 Å². The van der Waals surface area contributed by atoms with Gasteiger partial charge in [0.25, 0.3) is 0 Å². The number of benzene rings is 1. The third-order valence-electron chi connectivity index (χ3n) is 5.35. The van der Waals surface area contributed by atoms with Crippen LogP contribution in [0, 0.1) is 0 Å². The molecule has 26 heavy (non-hydrogen) atoms.